The number of aromatic nitrogens is 1. The fraction of sp³-hybridized carbons (Fsp3) is 0.455. The number of nitrogens with two attached hydrogens (primary N) is 1. The van der Waals surface area contributed by atoms with Gasteiger partial charge in [-0.25, -0.2) is 4.98 Å². The molecule has 1 aromatic heterocycles. The average molecular weight is 250 g/mol. The number of hydrogen-bond donors (Lipinski definition) is 1. The molecule has 0 aliphatic rings. The molecule has 0 fully saturated rings. The van der Waals surface area contributed by atoms with E-state index in [1.165, 1.54) is 12.3 Å². The third kappa shape index (κ3) is 3.15. The topological polar surface area (TPSA) is 115 Å². The summed E-state index contributed by atoms with van der Waals surface area (Å²) in [5.74, 6) is -0.177. The molecule has 7 heteroatoms. The number of nitriles is 1. The number of nitro groups is 1. The van der Waals surface area contributed by atoms with Gasteiger partial charge >= 0.3 is 5.69 Å². The van der Waals surface area contributed by atoms with Crippen LogP contribution in [0.4, 0.5) is 5.69 Å². The summed E-state index contributed by atoms with van der Waals surface area (Å²) in [4.78, 5) is 14.0. The van der Waals surface area contributed by atoms with Gasteiger partial charge in [-0.2, -0.15) is 5.26 Å². The van der Waals surface area contributed by atoms with Gasteiger partial charge in [-0.3, -0.25) is 10.1 Å². The summed E-state index contributed by atoms with van der Waals surface area (Å²) in [7, 11) is 0. The molecule has 0 spiro atoms. The smallest absolute Gasteiger partial charge is 0.348 e. The third-order valence-corrected chi connectivity index (χ3v) is 2.54. The molecule has 18 heavy (non-hydrogen) atoms. The van der Waals surface area contributed by atoms with Crippen LogP contribution < -0.4 is 10.5 Å². The normalized spacial score (nSPS) is 13.4. The van der Waals surface area contributed by atoms with Crippen LogP contribution in [-0.4, -0.2) is 22.1 Å². The van der Waals surface area contributed by atoms with Crippen molar-refractivity contribution < 1.29 is 9.66 Å². The van der Waals surface area contributed by atoms with Crippen molar-refractivity contribution in [2.24, 2.45) is 5.73 Å². The predicted molar refractivity (Wildman–Crippen MR) is 64.0 cm³/mol. The average Bonchev–Trinajstić information content (AvgIpc) is 2.35. The zero-order valence-electron chi connectivity index (χ0n) is 10.2. The molecule has 0 aliphatic carbocycles. The first-order valence-electron chi connectivity index (χ1n) is 5.36. The van der Waals surface area contributed by atoms with E-state index in [0.29, 0.717) is 6.42 Å². The van der Waals surface area contributed by atoms with Crippen LogP contribution in [0.3, 0.4) is 0 Å². The third-order valence-electron chi connectivity index (χ3n) is 2.54. The predicted octanol–water partition coefficient (Wildman–Crippen LogP) is 1.37. The van der Waals surface area contributed by atoms with Crippen molar-refractivity contribution in [2.45, 2.75) is 25.8 Å². The Bertz CT molecular complexity index is 494. The highest BCUT2D eigenvalue weighted by atomic mass is 16.6. The van der Waals surface area contributed by atoms with E-state index in [-0.39, 0.29) is 18.1 Å². The molecular formula is C11H14N4O3. The molecular weight excluding hydrogens is 236 g/mol. The highest BCUT2D eigenvalue weighted by Gasteiger charge is 2.25. The number of nitrogens with zero attached hydrogens (tertiary/aromatic N) is 3. The molecule has 1 heterocycles. The van der Waals surface area contributed by atoms with Crippen molar-refractivity contribution in [3.05, 3.63) is 27.9 Å². The second kappa shape index (κ2) is 5.42. The Labute approximate surface area is 104 Å². The summed E-state index contributed by atoms with van der Waals surface area (Å²) in [5, 5.41) is 19.7. The van der Waals surface area contributed by atoms with Crippen molar-refractivity contribution in [3.63, 3.8) is 0 Å². The van der Waals surface area contributed by atoms with E-state index in [9.17, 15) is 10.1 Å². The summed E-state index contributed by atoms with van der Waals surface area (Å²) >= 11 is 0. The monoisotopic (exact) mass is 250 g/mol. The lowest BCUT2D eigenvalue weighted by Gasteiger charge is -2.22. The van der Waals surface area contributed by atoms with Crippen LogP contribution in [0.2, 0.25) is 0 Å². The molecule has 0 saturated heterocycles. The highest BCUT2D eigenvalue weighted by Crippen LogP contribution is 2.28. The Morgan fingerprint density at radius 1 is 1.72 bits per heavy atom. The largest absolute Gasteiger partial charge is 0.471 e. The Hall–Kier alpha value is -2.20. The number of ether oxygens (including phenoxy) is 1. The zero-order valence-corrected chi connectivity index (χ0v) is 10.2. The highest BCUT2D eigenvalue weighted by molar-refractivity contribution is 5.54. The van der Waals surface area contributed by atoms with Crippen LogP contribution >= 0.6 is 0 Å². The van der Waals surface area contributed by atoms with Crippen LogP contribution in [-0.2, 0) is 0 Å². The first-order chi connectivity index (χ1) is 8.41. The van der Waals surface area contributed by atoms with Crippen molar-refractivity contribution in [1.82, 2.24) is 4.98 Å². The molecule has 0 aromatic carbocycles. The van der Waals surface area contributed by atoms with Crippen LogP contribution in [0.15, 0.2) is 12.3 Å². The van der Waals surface area contributed by atoms with E-state index >= 15 is 0 Å². The Morgan fingerprint density at radius 3 is 2.89 bits per heavy atom. The minimum Gasteiger partial charge on any atom is -0.471 e. The van der Waals surface area contributed by atoms with Gasteiger partial charge in [0.05, 0.1) is 4.92 Å². The van der Waals surface area contributed by atoms with Crippen molar-refractivity contribution >= 4 is 5.69 Å². The Morgan fingerprint density at radius 2 is 2.39 bits per heavy atom. The first kappa shape index (κ1) is 13.9. The quantitative estimate of drug-likeness (QED) is 0.623. The minimum absolute atomic E-state index is 0.0831. The summed E-state index contributed by atoms with van der Waals surface area (Å²) in [6.45, 7) is 3.75. The molecule has 0 saturated carbocycles. The molecule has 0 amide bonds. The van der Waals surface area contributed by atoms with E-state index in [1.807, 2.05) is 6.92 Å². The fourth-order valence-corrected chi connectivity index (χ4v) is 1.14. The molecule has 0 radical (unpaired) electrons. The van der Waals surface area contributed by atoms with Gasteiger partial charge in [0.1, 0.15) is 18.2 Å². The van der Waals surface area contributed by atoms with Crippen LogP contribution in [0, 0.1) is 21.4 Å². The van der Waals surface area contributed by atoms with Crippen molar-refractivity contribution in [1.29, 1.82) is 5.26 Å². The lowest BCUT2D eigenvalue weighted by atomic mass is 10.0. The van der Waals surface area contributed by atoms with Crippen molar-refractivity contribution in [2.75, 3.05) is 6.61 Å². The van der Waals surface area contributed by atoms with Crippen molar-refractivity contribution in [3.8, 4) is 11.9 Å². The van der Waals surface area contributed by atoms with Gasteiger partial charge in [-0.15, -0.1) is 0 Å². The molecule has 1 aromatic rings. The Kier molecular flexibility index (Phi) is 4.18. The van der Waals surface area contributed by atoms with Crippen LogP contribution in [0.5, 0.6) is 5.88 Å². The van der Waals surface area contributed by atoms with E-state index in [2.05, 4.69) is 4.98 Å². The first-order valence-corrected chi connectivity index (χ1v) is 5.36. The van der Waals surface area contributed by atoms with Crippen LogP contribution in [0.1, 0.15) is 25.8 Å². The molecule has 1 rings (SSSR count). The second-order valence-corrected chi connectivity index (χ2v) is 4.18. The summed E-state index contributed by atoms with van der Waals surface area (Å²) < 4.78 is 5.27. The molecule has 7 nitrogen and oxygen atoms in total. The summed E-state index contributed by atoms with van der Waals surface area (Å²) in [6.07, 6.45) is 1.94. The van der Waals surface area contributed by atoms with Gasteiger partial charge in [0.25, 0.3) is 5.88 Å². The molecule has 0 bridgehead atoms. The fourth-order valence-electron chi connectivity index (χ4n) is 1.14. The minimum atomic E-state index is -0.680. The summed E-state index contributed by atoms with van der Waals surface area (Å²) in [5.41, 5.74) is 4.77. The standard InChI is InChI=1S/C11H14N4O3/c1-3-11(2,13)7-18-10-9(15(16)17)8(6-12)4-5-14-10/h4-5H,3,7,13H2,1-2H3. The molecule has 2 N–H and O–H groups in total. The number of rotatable bonds is 5. The van der Waals surface area contributed by atoms with Gasteiger partial charge in [0, 0.05) is 11.7 Å². The zero-order chi connectivity index (χ0) is 13.8. The SMILES string of the molecule is CCC(C)(N)COc1nccc(C#N)c1[N+](=O)[O-]. The number of pyridine rings is 1. The van der Waals surface area contributed by atoms with Gasteiger partial charge < -0.3 is 10.5 Å². The maximum absolute atomic E-state index is 10.9. The van der Waals surface area contributed by atoms with E-state index in [0.717, 1.165) is 0 Å². The van der Waals surface area contributed by atoms with Crippen LogP contribution in [0.25, 0.3) is 0 Å². The maximum atomic E-state index is 10.9. The summed E-state index contributed by atoms with van der Waals surface area (Å²) in [6, 6.07) is 3.01. The van der Waals surface area contributed by atoms with E-state index in [1.54, 1.807) is 13.0 Å². The van der Waals surface area contributed by atoms with Gasteiger partial charge in [-0.1, -0.05) is 6.92 Å². The number of hydrogen-bond acceptors (Lipinski definition) is 6. The lowest BCUT2D eigenvalue weighted by Crippen LogP contribution is -2.41. The molecule has 0 aliphatic heterocycles. The van der Waals surface area contributed by atoms with E-state index in [4.69, 9.17) is 15.7 Å². The second-order valence-electron chi connectivity index (χ2n) is 4.18. The molecule has 1 atom stereocenters. The maximum Gasteiger partial charge on any atom is 0.348 e. The van der Waals surface area contributed by atoms with Gasteiger partial charge in [0.15, 0.2) is 0 Å². The molecule has 96 valence electrons. The Balaban J connectivity index is 3.03. The van der Waals surface area contributed by atoms with Gasteiger partial charge in [-0.05, 0) is 19.4 Å². The van der Waals surface area contributed by atoms with Gasteiger partial charge in [0.2, 0.25) is 0 Å². The van der Waals surface area contributed by atoms with E-state index < -0.39 is 16.1 Å². The molecule has 1 unspecified atom stereocenters. The lowest BCUT2D eigenvalue weighted by molar-refractivity contribution is -0.386.